The zero-order chi connectivity index (χ0) is 13.9. The lowest BCUT2D eigenvalue weighted by atomic mass is 10.2. The Morgan fingerprint density at radius 1 is 1.37 bits per heavy atom. The highest BCUT2D eigenvalue weighted by Crippen LogP contribution is 2.12. The van der Waals surface area contributed by atoms with Gasteiger partial charge in [0.05, 0.1) is 7.11 Å². The molecule has 19 heavy (non-hydrogen) atoms. The minimum absolute atomic E-state index is 0.382. The summed E-state index contributed by atoms with van der Waals surface area (Å²) in [7, 11) is 1.35. The van der Waals surface area contributed by atoms with Crippen LogP contribution >= 0.6 is 11.8 Å². The van der Waals surface area contributed by atoms with Crippen LogP contribution in [-0.4, -0.2) is 41.6 Å². The fourth-order valence-electron chi connectivity index (χ4n) is 1.66. The van der Waals surface area contributed by atoms with Crippen LogP contribution in [0.25, 0.3) is 0 Å². The second-order valence-corrected chi connectivity index (χ2v) is 5.10. The van der Waals surface area contributed by atoms with Crippen LogP contribution in [0.3, 0.4) is 0 Å². The van der Waals surface area contributed by atoms with Crippen molar-refractivity contribution in [2.45, 2.75) is 25.7 Å². The van der Waals surface area contributed by atoms with Gasteiger partial charge >= 0.3 is 5.97 Å². The molecule has 0 aromatic carbocycles. The lowest BCUT2D eigenvalue weighted by Crippen LogP contribution is -2.11. The van der Waals surface area contributed by atoms with E-state index in [1.54, 1.807) is 0 Å². The highest BCUT2D eigenvalue weighted by molar-refractivity contribution is 7.98. The average molecular weight is 283 g/mol. The topological polar surface area (TPSA) is 64.1 Å². The van der Waals surface area contributed by atoms with Gasteiger partial charge in [-0.25, -0.2) is 14.8 Å². The van der Waals surface area contributed by atoms with Crippen LogP contribution in [0.15, 0.2) is 12.5 Å². The third-order valence-corrected chi connectivity index (χ3v) is 3.38. The molecule has 0 radical (unpaired) electrons. The molecule has 0 amide bonds. The summed E-state index contributed by atoms with van der Waals surface area (Å²) in [6.07, 6.45) is 9.79. The van der Waals surface area contributed by atoms with E-state index in [4.69, 9.17) is 0 Å². The van der Waals surface area contributed by atoms with Gasteiger partial charge < -0.3 is 10.1 Å². The second-order valence-electron chi connectivity index (χ2n) is 4.11. The molecular formula is C13H21N3O2S. The molecule has 0 unspecified atom stereocenters. The Kier molecular flexibility index (Phi) is 7.97. The van der Waals surface area contributed by atoms with Crippen LogP contribution in [0.5, 0.6) is 0 Å². The molecule has 0 atom stereocenters. The highest BCUT2D eigenvalue weighted by atomic mass is 32.2. The Hall–Kier alpha value is -1.30. The summed E-state index contributed by atoms with van der Waals surface area (Å²) in [5.41, 5.74) is 0.382. The number of aromatic nitrogens is 2. The summed E-state index contributed by atoms with van der Waals surface area (Å²) in [5, 5.41) is 3.16. The number of hydrogen-bond acceptors (Lipinski definition) is 6. The molecule has 1 heterocycles. The van der Waals surface area contributed by atoms with Crippen molar-refractivity contribution in [1.29, 1.82) is 0 Å². The zero-order valence-electron chi connectivity index (χ0n) is 11.5. The maximum atomic E-state index is 11.5. The molecule has 0 aliphatic carbocycles. The van der Waals surface area contributed by atoms with Crippen LogP contribution in [0.2, 0.25) is 0 Å². The molecule has 5 nitrogen and oxygen atoms in total. The van der Waals surface area contributed by atoms with E-state index in [1.165, 1.54) is 44.6 Å². The van der Waals surface area contributed by atoms with E-state index in [9.17, 15) is 4.79 Å². The van der Waals surface area contributed by atoms with Crippen molar-refractivity contribution in [1.82, 2.24) is 9.97 Å². The number of nitrogens with one attached hydrogen (secondary N) is 1. The van der Waals surface area contributed by atoms with Crippen molar-refractivity contribution >= 4 is 23.5 Å². The minimum atomic E-state index is -0.414. The lowest BCUT2D eigenvalue weighted by Gasteiger charge is -2.08. The van der Waals surface area contributed by atoms with E-state index in [0.29, 0.717) is 11.4 Å². The third-order valence-electron chi connectivity index (χ3n) is 2.69. The number of carbonyl (C=O) groups excluding carboxylic acids is 1. The Bertz CT molecular complexity index is 388. The number of esters is 1. The molecule has 1 rings (SSSR count). The Balaban J connectivity index is 2.31. The first-order chi connectivity index (χ1) is 9.29. The number of methoxy groups -OCH3 is 1. The SMILES string of the molecule is COC(=O)c1cncnc1NCCCCCCSC. The molecule has 0 spiro atoms. The van der Waals surface area contributed by atoms with Gasteiger partial charge in [0.2, 0.25) is 0 Å². The number of carbonyl (C=O) groups is 1. The number of unbranched alkanes of at least 4 members (excludes halogenated alkanes) is 3. The van der Waals surface area contributed by atoms with Crippen molar-refractivity contribution < 1.29 is 9.53 Å². The monoisotopic (exact) mass is 283 g/mol. The summed E-state index contributed by atoms with van der Waals surface area (Å²) in [6.45, 7) is 0.806. The molecule has 0 aliphatic rings. The molecule has 0 aliphatic heterocycles. The molecular weight excluding hydrogens is 262 g/mol. The summed E-state index contributed by atoms with van der Waals surface area (Å²) in [6, 6.07) is 0. The van der Waals surface area contributed by atoms with Crippen LogP contribution < -0.4 is 5.32 Å². The number of thioether (sulfide) groups is 1. The molecule has 1 aromatic rings. The standard InChI is InChI=1S/C13H21N3O2S/c1-18-13(17)11-9-14-10-16-12(11)15-7-5-3-4-6-8-19-2/h9-10H,3-8H2,1-2H3,(H,14,15,16). The van der Waals surface area contributed by atoms with Gasteiger partial charge in [0, 0.05) is 12.7 Å². The zero-order valence-corrected chi connectivity index (χ0v) is 12.3. The quantitative estimate of drug-likeness (QED) is 0.555. The van der Waals surface area contributed by atoms with Crippen LogP contribution in [0.4, 0.5) is 5.82 Å². The molecule has 6 heteroatoms. The molecule has 0 fully saturated rings. The minimum Gasteiger partial charge on any atom is -0.465 e. The van der Waals surface area contributed by atoms with Gasteiger partial charge in [-0.3, -0.25) is 0 Å². The average Bonchev–Trinajstić information content (AvgIpc) is 2.46. The fraction of sp³-hybridized carbons (Fsp3) is 0.615. The molecule has 0 saturated carbocycles. The smallest absolute Gasteiger partial charge is 0.343 e. The van der Waals surface area contributed by atoms with E-state index in [1.807, 2.05) is 11.8 Å². The van der Waals surface area contributed by atoms with Gasteiger partial charge in [-0.15, -0.1) is 0 Å². The summed E-state index contributed by atoms with van der Waals surface area (Å²) >= 11 is 1.89. The predicted molar refractivity (Wildman–Crippen MR) is 78.7 cm³/mol. The van der Waals surface area contributed by atoms with Crippen molar-refractivity contribution in [2.24, 2.45) is 0 Å². The van der Waals surface area contributed by atoms with Crippen molar-refractivity contribution in [3.05, 3.63) is 18.1 Å². The Labute approximate surface area is 118 Å². The van der Waals surface area contributed by atoms with E-state index in [-0.39, 0.29) is 0 Å². The van der Waals surface area contributed by atoms with Crippen LogP contribution in [0, 0.1) is 0 Å². The molecule has 0 saturated heterocycles. The third kappa shape index (κ3) is 5.92. The molecule has 1 N–H and O–H groups in total. The normalized spacial score (nSPS) is 10.2. The lowest BCUT2D eigenvalue weighted by molar-refractivity contribution is 0.0601. The summed E-state index contributed by atoms with van der Waals surface area (Å²) in [5.74, 6) is 1.36. The van der Waals surface area contributed by atoms with Gasteiger partial charge in [-0.1, -0.05) is 12.8 Å². The Morgan fingerprint density at radius 3 is 2.89 bits per heavy atom. The molecule has 1 aromatic heterocycles. The highest BCUT2D eigenvalue weighted by Gasteiger charge is 2.12. The summed E-state index contributed by atoms with van der Waals surface area (Å²) in [4.78, 5) is 19.4. The van der Waals surface area contributed by atoms with Gasteiger partial charge in [0.25, 0.3) is 0 Å². The van der Waals surface area contributed by atoms with Crippen molar-refractivity contribution in [3.63, 3.8) is 0 Å². The van der Waals surface area contributed by atoms with Crippen molar-refractivity contribution in [3.8, 4) is 0 Å². The number of rotatable bonds is 9. The van der Waals surface area contributed by atoms with Gasteiger partial charge in [-0.2, -0.15) is 11.8 Å². The predicted octanol–water partition coefficient (Wildman–Crippen LogP) is 2.60. The number of hydrogen-bond donors (Lipinski definition) is 1. The molecule has 0 bridgehead atoms. The molecule has 106 valence electrons. The summed E-state index contributed by atoms with van der Waals surface area (Å²) < 4.78 is 4.69. The first-order valence-electron chi connectivity index (χ1n) is 6.40. The maximum absolute atomic E-state index is 11.5. The van der Waals surface area contributed by atoms with Gasteiger partial charge in [0.15, 0.2) is 0 Å². The first-order valence-corrected chi connectivity index (χ1v) is 7.80. The van der Waals surface area contributed by atoms with E-state index in [2.05, 4.69) is 26.3 Å². The van der Waals surface area contributed by atoms with E-state index >= 15 is 0 Å². The van der Waals surface area contributed by atoms with Gasteiger partial charge in [0.1, 0.15) is 17.7 Å². The first kappa shape index (κ1) is 15.8. The fourth-order valence-corrected chi connectivity index (χ4v) is 2.15. The van der Waals surface area contributed by atoms with Crippen molar-refractivity contribution in [2.75, 3.05) is 31.0 Å². The van der Waals surface area contributed by atoms with E-state index in [0.717, 1.165) is 13.0 Å². The van der Waals surface area contributed by atoms with Crippen LogP contribution in [0.1, 0.15) is 36.0 Å². The number of ether oxygens (including phenoxy) is 1. The van der Waals surface area contributed by atoms with Crippen LogP contribution in [-0.2, 0) is 4.74 Å². The second kappa shape index (κ2) is 9.61. The van der Waals surface area contributed by atoms with Gasteiger partial charge in [-0.05, 0) is 24.9 Å². The number of anilines is 1. The maximum Gasteiger partial charge on any atom is 0.343 e. The Morgan fingerprint density at radius 2 is 2.16 bits per heavy atom. The largest absolute Gasteiger partial charge is 0.465 e. The van der Waals surface area contributed by atoms with E-state index < -0.39 is 5.97 Å². The number of nitrogens with zero attached hydrogens (tertiary/aromatic N) is 2.